The van der Waals surface area contributed by atoms with Crippen molar-refractivity contribution in [2.45, 2.75) is 110 Å². The van der Waals surface area contributed by atoms with Gasteiger partial charge in [0.25, 0.3) is 0 Å². The third-order valence-electron chi connectivity index (χ3n) is 7.01. The van der Waals surface area contributed by atoms with Gasteiger partial charge in [-0.3, -0.25) is 0 Å². The number of benzene rings is 1. The van der Waals surface area contributed by atoms with E-state index in [-0.39, 0.29) is 0 Å². The summed E-state index contributed by atoms with van der Waals surface area (Å²) in [6.07, 6.45) is 19.9. The molecule has 1 saturated carbocycles. The number of fused-ring (bicyclic) bond motifs is 1. The Balaban J connectivity index is 1.46. The van der Waals surface area contributed by atoms with Crippen LogP contribution in [0.15, 0.2) is 18.2 Å². The average molecular weight is 341 g/mol. The molecule has 3 rings (SSSR count). The van der Waals surface area contributed by atoms with Gasteiger partial charge in [0.2, 0.25) is 0 Å². The van der Waals surface area contributed by atoms with Crippen LogP contribution in [0.2, 0.25) is 0 Å². The number of hydrogen-bond donors (Lipinski definition) is 0. The monoisotopic (exact) mass is 340 g/mol. The topological polar surface area (TPSA) is 0 Å². The SMILES string of the molecule is CCCCCCCCC1CCc2cc([C@H]3CC[C@H](C)CC3)ccc2C1. The van der Waals surface area contributed by atoms with Crippen molar-refractivity contribution in [1.29, 1.82) is 0 Å². The van der Waals surface area contributed by atoms with Crippen molar-refractivity contribution < 1.29 is 0 Å². The number of aryl methyl sites for hydroxylation is 1. The Bertz CT molecular complexity index is 507. The molecule has 25 heavy (non-hydrogen) atoms. The Hall–Kier alpha value is -0.780. The summed E-state index contributed by atoms with van der Waals surface area (Å²) in [5, 5.41) is 0. The molecule has 0 aromatic heterocycles. The number of hydrogen-bond acceptors (Lipinski definition) is 0. The summed E-state index contributed by atoms with van der Waals surface area (Å²) in [5.41, 5.74) is 5.02. The summed E-state index contributed by atoms with van der Waals surface area (Å²) >= 11 is 0. The second kappa shape index (κ2) is 9.79. The van der Waals surface area contributed by atoms with Crippen LogP contribution in [0.4, 0.5) is 0 Å². The van der Waals surface area contributed by atoms with Crippen molar-refractivity contribution in [2.75, 3.05) is 0 Å². The second-order valence-corrected chi connectivity index (χ2v) is 9.15. The normalized spacial score (nSPS) is 26.4. The maximum absolute atomic E-state index is 2.59. The molecule has 2 aliphatic rings. The lowest BCUT2D eigenvalue weighted by Gasteiger charge is -2.29. The Labute approximate surface area is 156 Å². The molecule has 1 atom stereocenters. The minimum absolute atomic E-state index is 0.849. The first-order valence-corrected chi connectivity index (χ1v) is 11.4. The zero-order valence-electron chi connectivity index (χ0n) is 16.9. The van der Waals surface area contributed by atoms with Crippen LogP contribution in [-0.4, -0.2) is 0 Å². The largest absolute Gasteiger partial charge is 0.0654 e. The van der Waals surface area contributed by atoms with Crippen LogP contribution in [0.25, 0.3) is 0 Å². The summed E-state index contributed by atoms with van der Waals surface area (Å²) in [5.74, 6) is 2.76. The molecule has 0 amide bonds. The summed E-state index contributed by atoms with van der Waals surface area (Å²) in [4.78, 5) is 0. The van der Waals surface area contributed by atoms with Gasteiger partial charge < -0.3 is 0 Å². The maximum atomic E-state index is 2.59. The maximum Gasteiger partial charge on any atom is -0.0162 e. The zero-order chi connectivity index (χ0) is 17.5. The van der Waals surface area contributed by atoms with Gasteiger partial charge in [0.1, 0.15) is 0 Å². The van der Waals surface area contributed by atoms with Gasteiger partial charge in [0.15, 0.2) is 0 Å². The van der Waals surface area contributed by atoms with E-state index in [1.54, 1.807) is 16.7 Å². The number of rotatable bonds is 8. The Morgan fingerprint density at radius 1 is 0.840 bits per heavy atom. The fourth-order valence-electron chi connectivity index (χ4n) is 5.16. The minimum atomic E-state index is 0.849. The zero-order valence-corrected chi connectivity index (χ0v) is 16.9. The van der Waals surface area contributed by atoms with Crippen LogP contribution in [0.3, 0.4) is 0 Å². The van der Waals surface area contributed by atoms with Gasteiger partial charge >= 0.3 is 0 Å². The van der Waals surface area contributed by atoms with Gasteiger partial charge in [-0.2, -0.15) is 0 Å². The Morgan fingerprint density at radius 2 is 1.60 bits per heavy atom. The summed E-state index contributed by atoms with van der Waals surface area (Å²) in [6, 6.07) is 7.57. The van der Waals surface area contributed by atoms with E-state index in [4.69, 9.17) is 0 Å². The van der Waals surface area contributed by atoms with Crippen LogP contribution < -0.4 is 0 Å². The molecule has 0 saturated heterocycles. The standard InChI is InChI=1S/C25H40/c1-3-4-5-6-7-8-9-21-12-15-25-19-24(17-16-23(25)18-21)22-13-10-20(2)11-14-22/h16-17,19-22H,3-15,18H2,1-2H3/t20-,21?,22-. The lowest BCUT2D eigenvalue weighted by atomic mass is 9.76. The molecule has 0 N–H and O–H groups in total. The van der Waals surface area contributed by atoms with E-state index in [0.717, 1.165) is 17.8 Å². The minimum Gasteiger partial charge on any atom is -0.0654 e. The van der Waals surface area contributed by atoms with Gasteiger partial charge in [0.05, 0.1) is 0 Å². The van der Waals surface area contributed by atoms with E-state index in [1.807, 2.05) is 0 Å². The lowest BCUT2D eigenvalue weighted by Crippen LogP contribution is -2.16. The highest BCUT2D eigenvalue weighted by Crippen LogP contribution is 2.37. The molecule has 0 heterocycles. The highest BCUT2D eigenvalue weighted by molar-refractivity contribution is 5.36. The van der Waals surface area contributed by atoms with Crippen molar-refractivity contribution in [3.63, 3.8) is 0 Å². The lowest BCUT2D eigenvalue weighted by molar-refractivity contribution is 0.347. The molecule has 1 aromatic rings. The van der Waals surface area contributed by atoms with Gasteiger partial charge in [-0.05, 0) is 66.5 Å². The second-order valence-electron chi connectivity index (χ2n) is 9.15. The summed E-state index contributed by atoms with van der Waals surface area (Å²) in [7, 11) is 0. The molecule has 0 nitrogen and oxygen atoms in total. The van der Waals surface area contributed by atoms with E-state index in [2.05, 4.69) is 32.0 Å². The molecule has 140 valence electrons. The smallest absolute Gasteiger partial charge is 0.0162 e. The quantitative estimate of drug-likeness (QED) is 0.423. The van der Waals surface area contributed by atoms with Crippen LogP contribution in [-0.2, 0) is 12.8 Å². The van der Waals surface area contributed by atoms with Gasteiger partial charge in [-0.1, -0.05) is 89.8 Å². The highest BCUT2D eigenvalue weighted by Gasteiger charge is 2.23. The fraction of sp³-hybridized carbons (Fsp3) is 0.760. The molecule has 0 bridgehead atoms. The average Bonchev–Trinajstić information content (AvgIpc) is 2.65. The third-order valence-corrected chi connectivity index (χ3v) is 7.01. The van der Waals surface area contributed by atoms with Crippen LogP contribution in [0.5, 0.6) is 0 Å². The molecular weight excluding hydrogens is 300 g/mol. The molecule has 0 heteroatoms. The van der Waals surface area contributed by atoms with E-state index >= 15 is 0 Å². The van der Waals surface area contributed by atoms with Gasteiger partial charge in [-0.25, -0.2) is 0 Å². The molecule has 1 fully saturated rings. The predicted octanol–water partition coefficient (Wildman–Crippen LogP) is 7.84. The van der Waals surface area contributed by atoms with E-state index in [9.17, 15) is 0 Å². The molecule has 1 aromatic carbocycles. The van der Waals surface area contributed by atoms with Crippen molar-refractivity contribution in [3.05, 3.63) is 34.9 Å². The van der Waals surface area contributed by atoms with Crippen LogP contribution >= 0.6 is 0 Å². The molecule has 2 aliphatic carbocycles. The first-order valence-electron chi connectivity index (χ1n) is 11.4. The van der Waals surface area contributed by atoms with Crippen molar-refractivity contribution >= 4 is 0 Å². The molecule has 1 unspecified atom stereocenters. The molecule has 0 aliphatic heterocycles. The van der Waals surface area contributed by atoms with Crippen LogP contribution in [0.1, 0.15) is 114 Å². The Morgan fingerprint density at radius 3 is 2.40 bits per heavy atom. The van der Waals surface area contributed by atoms with Crippen molar-refractivity contribution in [3.8, 4) is 0 Å². The highest BCUT2D eigenvalue weighted by atomic mass is 14.3. The third kappa shape index (κ3) is 5.60. The molecule has 0 radical (unpaired) electrons. The van der Waals surface area contributed by atoms with Crippen molar-refractivity contribution in [2.24, 2.45) is 11.8 Å². The first-order chi connectivity index (χ1) is 12.3. The number of unbranched alkanes of at least 4 members (excludes halogenated alkanes) is 5. The van der Waals surface area contributed by atoms with Gasteiger partial charge in [0, 0.05) is 0 Å². The summed E-state index contributed by atoms with van der Waals surface area (Å²) in [6.45, 7) is 4.73. The molecule has 0 spiro atoms. The van der Waals surface area contributed by atoms with E-state index in [1.165, 1.54) is 89.9 Å². The van der Waals surface area contributed by atoms with Gasteiger partial charge in [-0.15, -0.1) is 0 Å². The first kappa shape index (κ1) is 19.0. The van der Waals surface area contributed by atoms with Crippen LogP contribution in [0, 0.1) is 11.8 Å². The fourth-order valence-corrected chi connectivity index (χ4v) is 5.16. The Kier molecular flexibility index (Phi) is 7.44. The van der Waals surface area contributed by atoms with E-state index in [0.29, 0.717) is 0 Å². The van der Waals surface area contributed by atoms with Crippen molar-refractivity contribution in [1.82, 2.24) is 0 Å². The van der Waals surface area contributed by atoms with E-state index < -0.39 is 0 Å². The molecular formula is C25H40. The predicted molar refractivity (Wildman–Crippen MR) is 110 cm³/mol. The summed E-state index contributed by atoms with van der Waals surface area (Å²) < 4.78 is 0.